The molecule has 0 bridgehead atoms. The average molecular weight is 276 g/mol. The van der Waals surface area contributed by atoms with E-state index >= 15 is 0 Å². The van der Waals surface area contributed by atoms with Crippen LogP contribution < -0.4 is 5.32 Å². The van der Waals surface area contributed by atoms with Gasteiger partial charge in [0.2, 0.25) is 0 Å². The van der Waals surface area contributed by atoms with Crippen molar-refractivity contribution in [1.29, 1.82) is 5.26 Å². The minimum atomic E-state index is -4.13. The van der Waals surface area contributed by atoms with Crippen molar-refractivity contribution in [1.82, 2.24) is 5.32 Å². The quantitative estimate of drug-likeness (QED) is 0.862. The molecule has 19 heavy (non-hydrogen) atoms. The van der Waals surface area contributed by atoms with Gasteiger partial charge in [0.1, 0.15) is 5.54 Å². The van der Waals surface area contributed by atoms with E-state index in [9.17, 15) is 18.4 Å². The largest absolute Gasteiger partial charge is 0.391 e. The summed E-state index contributed by atoms with van der Waals surface area (Å²) in [5, 5.41) is 12.4. The topological polar surface area (TPSA) is 45.0 Å². The lowest BCUT2D eigenvalue weighted by atomic mass is 9.77. The summed E-state index contributed by atoms with van der Waals surface area (Å²) in [6.45, 7) is 1.30. The van der Waals surface area contributed by atoms with Crippen molar-refractivity contribution in [3.63, 3.8) is 0 Å². The smallest absolute Gasteiger partial charge is 0.377 e. The van der Waals surface area contributed by atoms with Crippen LogP contribution in [-0.2, 0) is 4.74 Å². The molecule has 1 aliphatic carbocycles. The van der Waals surface area contributed by atoms with E-state index in [1.165, 1.54) is 0 Å². The number of nitriles is 1. The Labute approximate surface area is 111 Å². The molecule has 0 radical (unpaired) electrons. The number of nitrogens with zero attached hydrogens (tertiary/aromatic N) is 1. The molecule has 6 heteroatoms. The van der Waals surface area contributed by atoms with Gasteiger partial charge in [-0.25, -0.2) is 0 Å². The third-order valence-corrected chi connectivity index (χ3v) is 4.21. The predicted molar refractivity (Wildman–Crippen MR) is 63.3 cm³/mol. The van der Waals surface area contributed by atoms with Crippen LogP contribution in [0.4, 0.5) is 13.2 Å². The van der Waals surface area contributed by atoms with Crippen molar-refractivity contribution in [2.24, 2.45) is 5.92 Å². The zero-order chi connectivity index (χ0) is 13.9. The number of rotatable bonds is 3. The summed E-state index contributed by atoms with van der Waals surface area (Å²) in [6.07, 6.45) is -1.45. The fourth-order valence-electron chi connectivity index (χ4n) is 2.88. The van der Waals surface area contributed by atoms with E-state index in [1.807, 2.05) is 0 Å². The molecule has 1 unspecified atom stereocenters. The lowest BCUT2D eigenvalue weighted by Gasteiger charge is -2.36. The Morgan fingerprint density at radius 2 is 1.95 bits per heavy atom. The molecule has 3 nitrogen and oxygen atoms in total. The van der Waals surface area contributed by atoms with Gasteiger partial charge in [0, 0.05) is 13.2 Å². The Balaban J connectivity index is 1.85. The summed E-state index contributed by atoms with van der Waals surface area (Å²) in [5.74, 6) is -1.25. The second-order valence-corrected chi connectivity index (χ2v) is 5.53. The van der Waals surface area contributed by atoms with Gasteiger partial charge < -0.3 is 4.74 Å². The van der Waals surface area contributed by atoms with Crippen LogP contribution in [0.3, 0.4) is 0 Å². The van der Waals surface area contributed by atoms with Gasteiger partial charge in [-0.3, -0.25) is 5.32 Å². The first-order valence-corrected chi connectivity index (χ1v) is 6.80. The van der Waals surface area contributed by atoms with E-state index in [2.05, 4.69) is 11.4 Å². The summed E-state index contributed by atoms with van der Waals surface area (Å²) in [4.78, 5) is 0. The summed E-state index contributed by atoms with van der Waals surface area (Å²) >= 11 is 0. The minimum absolute atomic E-state index is 0.0373. The van der Waals surface area contributed by atoms with Crippen molar-refractivity contribution < 1.29 is 17.9 Å². The summed E-state index contributed by atoms with van der Waals surface area (Å²) < 4.78 is 43.3. The van der Waals surface area contributed by atoms with Gasteiger partial charge in [-0.1, -0.05) is 0 Å². The van der Waals surface area contributed by atoms with Gasteiger partial charge in [-0.15, -0.1) is 0 Å². The molecule has 1 heterocycles. The SMILES string of the molecule is N#CC1(NCC2CCCO2)CCC(C(F)(F)F)CC1. The molecule has 0 aromatic heterocycles. The molecule has 1 saturated heterocycles. The zero-order valence-electron chi connectivity index (χ0n) is 10.8. The maximum Gasteiger partial charge on any atom is 0.391 e. The molecule has 0 amide bonds. The van der Waals surface area contributed by atoms with Crippen molar-refractivity contribution >= 4 is 0 Å². The third kappa shape index (κ3) is 3.61. The Kier molecular flexibility index (Phi) is 4.36. The summed E-state index contributed by atoms with van der Waals surface area (Å²) in [7, 11) is 0. The molecule has 2 fully saturated rings. The third-order valence-electron chi connectivity index (χ3n) is 4.21. The number of hydrogen-bond donors (Lipinski definition) is 1. The molecular weight excluding hydrogens is 257 g/mol. The number of ether oxygens (including phenoxy) is 1. The van der Waals surface area contributed by atoms with Gasteiger partial charge in [0.25, 0.3) is 0 Å². The number of alkyl halides is 3. The van der Waals surface area contributed by atoms with E-state index in [4.69, 9.17) is 4.74 Å². The molecule has 0 aromatic carbocycles. The summed E-state index contributed by atoms with van der Waals surface area (Å²) in [6, 6.07) is 2.18. The number of nitrogens with one attached hydrogen (secondary N) is 1. The molecule has 2 rings (SSSR count). The van der Waals surface area contributed by atoms with Crippen LogP contribution in [-0.4, -0.2) is 31.0 Å². The molecule has 1 saturated carbocycles. The molecule has 0 spiro atoms. The van der Waals surface area contributed by atoms with Crippen LogP contribution in [0.15, 0.2) is 0 Å². The van der Waals surface area contributed by atoms with Crippen molar-refractivity contribution in [3.8, 4) is 6.07 Å². The Hall–Kier alpha value is -0.800. The van der Waals surface area contributed by atoms with E-state index in [1.54, 1.807) is 0 Å². The average Bonchev–Trinajstić information content (AvgIpc) is 2.89. The van der Waals surface area contributed by atoms with Gasteiger partial charge in [0.15, 0.2) is 0 Å². The molecule has 1 atom stereocenters. The maximum absolute atomic E-state index is 12.6. The Bertz CT molecular complexity index is 337. The van der Waals surface area contributed by atoms with Crippen LogP contribution in [0.25, 0.3) is 0 Å². The Morgan fingerprint density at radius 1 is 1.26 bits per heavy atom. The standard InChI is InChI=1S/C13H19F3N2O/c14-13(15,16)10-3-5-12(9-17,6-4-10)18-8-11-2-1-7-19-11/h10-11,18H,1-8H2. The molecule has 108 valence electrons. The second-order valence-electron chi connectivity index (χ2n) is 5.53. The minimum Gasteiger partial charge on any atom is -0.377 e. The normalized spacial score (nSPS) is 36.1. The van der Waals surface area contributed by atoms with E-state index in [-0.39, 0.29) is 31.8 Å². The van der Waals surface area contributed by atoms with Crippen LogP contribution >= 0.6 is 0 Å². The van der Waals surface area contributed by atoms with E-state index < -0.39 is 17.6 Å². The highest BCUT2D eigenvalue weighted by molar-refractivity contribution is 5.10. The van der Waals surface area contributed by atoms with Crippen LogP contribution in [0, 0.1) is 17.2 Å². The van der Waals surface area contributed by atoms with Crippen LogP contribution in [0.2, 0.25) is 0 Å². The molecule has 2 aliphatic rings. The predicted octanol–water partition coefficient (Wildman–Crippen LogP) is 2.77. The van der Waals surface area contributed by atoms with Crippen LogP contribution in [0.1, 0.15) is 38.5 Å². The first-order chi connectivity index (χ1) is 8.95. The molecule has 0 aromatic rings. The highest BCUT2D eigenvalue weighted by Crippen LogP contribution is 2.40. The summed E-state index contributed by atoms with van der Waals surface area (Å²) in [5.41, 5.74) is -0.798. The fourth-order valence-corrected chi connectivity index (χ4v) is 2.88. The second kappa shape index (κ2) is 5.68. The first-order valence-electron chi connectivity index (χ1n) is 6.80. The number of halogens is 3. The molecule has 1 N–H and O–H groups in total. The maximum atomic E-state index is 12.6. The van der Waals surface area contributed by atoms with E-state index in [0.29, 0.717) is 6.54 Å². The first kappa shape index (κ1) is 14.6. The number of hydrogen-bond acceptors (Lipinski definition) is 3. The zero-order valence-corrected chi connectivity index (χ0v) is 10.8. The van der Waals surface area contributed by atoms with Crippen molar-refractivity contribution in [2.45, 2.75) is 56.3 Å². The van der Waals surface area contributed by atoms with Gasteiger partial charge in [-0.05, 0) is 38.5 Å². The lowest BCUT2D eigenvalue weighted by molar-refractivity contribution is -0.184. The van der Waals surface area contributed by atoms with E-state index in [0.717, 1.165) is 19.4 Å². The van der Waals surface area contributed by atoms with Crippen molar-refractivity contribution in [2.75, 3.05) is 13.2 Å². The highest BCUT2D eigenvalue weighted by Gasteiger charge is 2.46. The molecule has 1 aliphatic heterocycles. The monoisotopic (exact) mass is 276 g/mol. The van der Waals surface area contributed by atoms with Crippen molar-refractivity contribution in [3.05, 3.63) is 0 Å². The highest BCUT2D eigenvalue weighted by atomic mass is 19.4. The van der Waals surface area contributed by atoms with Gasteiger partial charge in [0.05, 0.1) is 18.1 Å². The fraction of sp³-hybridized carbons (Fsp3) is 0.923. The molecular formula is C13H19F3N2O. The van der Waals surface area contributed by atoms with Gasteiger partial charge in [-0.2, -0.15) is 18.4 Å². The Morgan fingerprint density at radius 3 is 2.42 bits per heavy atom. The van der Waals surface area contributed by atoms with Gasteiger partial charge >= 0.3 is 6.18 Å². The lowest BCUT2D eigenvalue weighted by Crippen LogP contribution is -2.50. The van der Waals surface area contributed by atoms with Crippen LogP contribution in [0.5, 0.6) is 0 Å².